The summed E-state index contributed by atoms with van der Waals surface area (Å²) in [4.78, 5) is 29.2. The second kappa shape index (κ2) is 10.9. The summed E-state index contributed by atoms with van der Waals surface area (Å²) in [6.07, 6.45) is 8.10. The van der Waals surface area contributed by atoms with Gasteiger partial charge in [-0.15, -0.1) is 0 Å². The molecule has 1 aliphatic carbocycles. The highest BCUT2D eigenvalue weighted by Gasteiger charge is 2.48. The van der Waals surface area contributed by atoms with Gasteiger partial charge in [0.15, 0.2) is 0 Å². The molecule has 2 heterocycles. The fraction of sp³-hybridized carbons (Fsp3) is 0.333. The van der Waals surface area contributed by atoms with E-state index >= 15 is 0 Å². The van der Waals surface area contributed by atoms with Gasteiger partial charge in [0.05, 0.1) is 18.0 Å². The average molecular weight is 506 g/mol. The van der Waals surface area contributed by atoms with Gasteiger partial charge in [0, 0.05) is 30.3 Å². The van der Waals surface area contributed by atoms with E-state index in [1.807, 2.05) is 36.4 Å². The van der Waals surface area contributed by atoms with Gasteiger partial charge in [0.25, 0.3) is 0 Å². The van der Waals surface area contributed by atoms with E-state index in [0.717, 1.165) is 49.9 Å². The molecule has 5 atom stereocenters. The number of fused-ring (bicyclic) bond motifs is 3. The SMILES string of the molecule is O=C(C=Cc1ccccc1)N[C@@H]1CCCC[C@@H]1C(=O)N1CC[C@@H]2[C@H](c3ccccc3)Nc3ccccc3[C@@H]21. The van der Waals surface area contributed by atoms with Crippen LogP contribution in [-0.4, -0.2) is 29.3 Å². The molecule has 2 fully saturated rings. The maximum Gasteiger partial charge on any atom is 0.244 e. The summed E-state index contributed by atoms with van der Waals surface area (Å²) in [6.45, 7) is 0.749. The van der Waals surface area contributed by atoms with E-state index in [2.05, 4.69) is 70.1 Å². The molecule has 3 aliphatic rings. The fourth-order valence-electron chi connectivity index (χ4n) is 6.74. The highest BCUT2D eigenvalue weighted by atomic mass is 16.2. The summed E-state index contributed by atoms with van der Waals surface area (Å²) < 4.78 is 0. The highest BCUT2D eigenvalue weighted by molar-refractivity contribution is 5.92. The van der Waals surface area contributed by atoms with Gasteiger partial charge < -0.3 is 15.5 Å². The molecule has 2 aliphatic heterocycles. The van der Waals surface area contributed by atoms with Crippen molar-refractivity contribution >= 4 is 23.6 Å². The van der Waals surface area contributed by atoms with Gasteiger partial charge in [-0.3, -0.25) is 9.59 Å². The number of anilines is 1. The lowest BCUT2D eigenvalue weighted by Gasteiger charge is -2.42. The van der Waals surface area contributed by atoms with Gasteiger partial charge in [-0.25, -0.2) is 0 Å². The fourth-order valence-corrected chi connectivity index (χ4v) is 6.74. The van der Waals surface area contributed by atoms with E-state index < -0.39 is 0 Å². The maximum absolute atomic E-state index is 14.2. The lowest BCUT2D eigenvalue weighted by atomic mass is 9.79. The van der Waals surface area contributed by atoms with Crippen LogP contribution in [0.2, 0.25) is 0 Å². The smallest absolute Gasteiger partial charge is 0.244 e. The number of amides is 2. The Morgan fingerprint density at radius 2 is 1.55 bits per heavy atom. The third-order valence-electron chi connectivity index (χ3n) is 8.54. The third-order valence-corrected chi connectivity index (χ3v) is 8.54. The van der Waals surface area contributed by atoms with Crippen molar-refractivity contribution < 1.29 is 9.59 Å². The van der Waals surface area contributed by atoms with Crippen molar-refractivity contribution in [3.8, 4) is 0 Å². The molecule has 38 heavy (non-hydrogen) atoms. The summed E-state index contributed by atoms with van der Waals surface area (Å²) >= 11 is 0. The van der Waals surface area contributed by atoms with E-state index in [4.69, 9.17) is 0 Å². The number of hydrogen-bond acceptors (Lipinski definition) is 3. The Morgan fingerprint density at radius 3 is 2.37 bits per heavy atom. The van der Waals surface area contributed by atoms with Crippen molar-refractivity contribution in [1.82, 2.24) is 10.2 Å². The molecular formula is C33H35N3O2. The molecule has 6 rings (SSSR count). The first-order valence-electron chi connectivity index (χ1n) is 13.9. The third kappa shape index (κ3) is 4.85. The van der Waals surface area contributed by atoms with Gasteiger partial charge in [-0.05, 0) is 48.1 Å². The summed E-state index contributed by atoms with van der Waals surface area (Å²) in [5.41, 5.74) is 4.57. The van der Waals surface area contributed by atoms with Gasteiger partial charge in [0.1, 0.15) is 0 Å². The summed E-state index contributed by atoms with van der Waals surface area (Å²) in [7, 11) is 0. The quantitative estimate of drug-likeness (QED) is 0.410. The number of nitrogens with one attached hydrogen (secondary N) is 2. The second-order valence-electron chi connectivity index (χ2n) is 10.8. The van der Waals surface area contributed by atoms with Crippen molar-refractivity contribution in [2.24, 2.45) is 11.8 Å². The van der Waals surface area contributed by atoms with Crippen molar-refractivity contribution in [2.75, 3.05) is 11.9 Å². The van der Waals surface area contributed by atoms with Crippen molar-refractivity contribution in [3.63, 3.8) is 0 Å². The summed E-state index contributed by atoms with van der Waals surface area (Å²) in [5.74, 6) is 0.183. The van der Waals surface area contributed by atoms with E-state index in [-0.39, 0.29) is 35.9 Å². The molecule has 0 bridgehead atoms. The van der Waals surface area contributed by atoms with Crippen molar-refractivity contribution in [2.45, 2.75) is 50.2 Å². The Kier molecular flexibility index (Phi) is 7.00. The number of rotatable bonds is 5. The van der Waals surface area contributed by atoms with Gasteiger partial charge in [0.2, 0.25) is 11.8 Å². The molecule has 5 nitrogen and oxygen atoms in total. The van der Waals surface area contributed by atoms with Gasteiger partial charge in [-0.2, -0.15) is 0 Å². The Hall–Kier alpha value is -3.86. The minimum Gasteiger partial charge on any atom is -0.378 e. The van der Waals surface area contributed by atoms with Crippen LogP contribution in [0.4, 0.5) is 5.69 Å². The molecule has 2 amide bonds. The number of carbonyl (C=O) groups is 2. The number of carbonyl (C=O) groups excluding carboxylic acids is 2. The van der Waals surface area contributed by atoms with Gasteiger partial charge in [-0.1, -0.05) is 91.7 Å². The molecule has 194 valence electrons. The number of nitrogens with zero attached hydrogens (tertiary/aromatic N) is 1. The molecule has 0 aromatic heterocycles. The zero-order valence-electron chi connectivity index (χ0n) is 21.6. The molecule has 1 saturated carbocycles. The Bertz CT molecular complexity index is 1310. The molecular weight excluding hydrogens is 470 g/mol. The van der Waals surface area contributed by atoms with Crippen molar-refractivity contribution in [1.29, 1.82) is 0 Å². The minimum atomic E-state index is -0.186. The number of likely N-dealkylation sites (tertiary alicyclic amines) is 1. The van der Waals surface area contributed by atoms with Crippen LogP contribution in [0.5, 0.6) is 0 Å². The lowest BCUT2D eigenvalue weighted by Crippen LogP contribution is -2.49. The molecule has 3 aromatic carbocycles. The normalized spacial score (nSPS) is 26.3. The molecule has 1 saturated heterocycles. The van der Waals surface area contributed by atoms with Crippen LogP contribution >= 0.6 is 0 Å². The van der Waals surface area contributed by atoms with Gasteiger partial charge >= 0.3 is 0 Å². The minimum absolute atomic E-state index is 0.0430. The van der Waals surface area contributed by atoms with Crippen LogP contribution in [0.25, 0.3) is 6.08 Å². The topological polar surface area (TPSA) is 61.4 Å². The molecule has 0 spiro atoms. The van der Waals surface area contributed by atoms with Crippen LogP contribution in [0, 0.1) is 11.8 Å². The monoisotopic (exact) mass is 505 g/mol. The lowest BCUT2D eigenvalue weighted by molar-refractivity contribution is -0.139. The summed E-state index contributed by atoms with van der Waals surface area (Å²) in [6, 6.07) is 28.9. The average Bonchev–Trinajstić information content (AvgIpc) is 3.42. The predicted molar refractivity (Wildman–Crippen MR) is 151 cm³/mol. The molecule has 5 heteroatoms. The Balaban J connectivity index is 1.23. The van der Waals surface area contributed by atoms with E-state index in [1.165, 1.54) is 11.1 Å². The molecule has 3 aromatic rings. The number of para-hydroxylation sites is 1. The molecule has 2 N–H and O–H groups in total. The number of benzene rings is 3. The van der Waals surface area contributed by atoms with E-state index in [0.29, 0.717) is 5.92 Å². The first-order chi connectivity index (χ1) is 18.7. The van der Waals surface area contributed by atoms with E-state index in [1.54, 1.807) is 6.08 Å². The first-order valence-corrected chi connectivity index (χ1v) is 13.9. The van der Waals surface area contributed by atoms with Crippen molar-refractivity contribution in [3.05, 3.63) is 108 Å². The molecule has 0 radical (unpaired) electrons. The van der Waals surface area contributed by atoms with Crippen LogP contribution in [0.3, 0.4) is 0 Å². The predicted octanol–water partition coefficient (Wildman–Crippen LogP) is 6.13. The van der Waals surface area contributed by atoms with Crippen LogP contribution < -0.4 is 10.6 Å². The van der Waals surface area contributed by atoms with E-state index in [9.17, 15) is 9.59 Å². The Labute approximate surface area is 224 Å². The second-order valence-corrected chi connectivity index (χ2v) is 10.8. The largest absolute Gasteiger partial charge is 0.378 e. The first kappa shape index (κ1) is 24.5. The highest BCUT2D eigenvalue weighted by Crippen LogP contribution is 2.51. The van der Waals surface area contributed by atoms with Crippen LogP contribution in [-0.2, 0) is 9.59 Å². The standard InChI is InChI=1S/C33H35N3O2/c37-30(20-19-23-11-3-1-4-12-23)34-29-18-10-8-16-26(29)33(38)36-22-21-27-31(24-13-5-2-6-14-24)35-28-17-9-7-15-25(28)32(27)36/h1-7,9,11-15,17,19-20,26-27,29,31-32,35H,8,10,16,18,21-22H2,(H,34,37)/t26-,27+,29+,31-,32-/m0/s1. The Morgan fingerprint density at radius 1 is 0.842 bits per heavy atom. The zero-order valence-corrected chi connectivity index (χ0v) is 21.6. The number of hydrogen-bond donors (Lipinski definition) is 2. The zero-order chi connectivity index (χ0) is 25.9. The maximum atomic E-state index is 14.2. The molecule has 0 unspecified atom stereocenters. The summed E-state index contributed by atoms with van der Waals surface area (Å²) in [5, 5.41) is 6.97. The van der Waals surface area contributed by atoms with Crippen LogP contribution in [0.15, 0.2) is 91.0 Å². The van der Waals surface area contributed by atoms with Crippen LogP contribution in [0.1, 0.15) is 60.9 Å².